The minimum absolute atomic E-state index is 0.143. The topological polar surface area (TPSA) is 9.23 Å². The smallest absolute Gasteiger partial charge is 0.193 e. The van der Waals surface area contributed by atoms with Gasteiger partial charge in [-0.1, -0.05) is 81.6 Å². The third-order valence-corrected chi connectivity index (χ3v) is 9.81. The predicted molar refractivity (Wildman–Crippen MR) is 111 cm³/mol. The van der Waals surface area contributed by atoms with Crippen LogP contribution in [0.25, 0.3) is 0 Å². The second-order valence-corrected chi connectivity index (χ2v) is 13.6. The van der Waals surface area contributed by atoms with Crippen LogP contribution in [-0.2, 0) is 4.43 Å². The molecule has 0 rings (SSSR count). The minimum Gasteiger partial charge on any atom is -0.403 e. The van der Waals surface area contributed by atoms with E-state index in [9.17, 15) is 0 Å². The van der Waals surface area contributed by atoms with E-state index in [-0.39, 0.29) is 11.1 Å². The second kappa shape index (κ2) is 12.6. The molecule has 0 N–H and O–H groups in total. The van der Waals surface area contributed by atoms with Crippen molar-refractivity contribution in [3.05, 3.63) is 0 Å². The average molecular weight is 404 g/mol. The van der Waals surface area contributed by atoms with Gasteiger partial charge in [0.2, 0.25) is 0 Å². The van der Waals surface area contributed by atoms with E-state index in [1.807, 2.05) is 0 Å². The molecule has 1 unspecified atom stereocenters. The number of alkyl halides is 1. The van der Waals surface area contributed by atoms with Gasteiger partial charge < -0.3 is 4.43 Å². The van der Waals surface area contributed by atoms with Gasteiger partial charge in [0.05, 0.1) is 0 Å². The van der Waals surface area contributed by atoms with Crippen molar-refractivity contribution in [2.45, 2.75) is 110 Å². The molecule has 0 aromatic carbocycles. The van der Waals surface area contributed by atoms with E-state index in [0.29, 0.717) is 0 Å². The molecule has 0 radical (unpaired) electrons. The Morgan fingerprint density at radius 3 is 2.17 bits per heavy atom. The summed E-state index contributed by atoms with van der Waals surface area (Å²) < 4.78 is 6.52. The van der Waals surface area contributed by atoms with Crippen molar-refractivity contribution in [3.63, 3.8) is 0 Å². The minimum atomic E-state index is -1.72. The molecule has 0 saturated carbocycles. The summed E-state index contributed by atoms with van der Waals surface area (Å²) in [5.74, 6) is 6.84. The van der Waals surface area contributed by atoms with Gasteiger partial charge in [0.15, 0.2) is 8.32 Å². The van der Waals surface area contributed by atoms with Crippen LogP contribution in [0.5, 0.6) is 0 Å². The lowest BCUT2D eigenvalue weighted by Crippen LogP contribution is -2.43. The first-order valence-corrected chi connectivity index (χ1v) is 13.5. The molecule has 23 heavy (non-hydrogen) atoms. The van der Waals surface area contributed by atoms with E-state index in [1.54, 1.807) is 0 Å². The molecule has 0 aliphatic rings. The van der Waals surface area contributed by atoms with E-state index in [2.05, 4.69) is 68.6 Å². The summed E-state index contributed by atoms with van der Waals surface area (Å²) in [5.41, 5.74) is 0. The number of rotatable bonds is 11. The Bertz CT molecular complexity index is 349. The number of unbranched alkanes of at least 4 members (excludes halogenated alkanes) is 6. The summed E-state index contributed by atoms with van der Waals surface area (Å²) in [4.78, 5) is 0. The monoisotopic (exact) mass is 402 g/mol. The van der Waals surface area contributed by atoms with Crippen molar-refractivity contribution in [2.75, 3.05) is 5.33 Å². The van der Waals surface area contributed by atoms with Crippen LogP contribution in [0.4, 0.5) is 0 Å². The molecule has 0 spiro atoms. The van der Waals surface area contributed by atoms with Crippen LogP contribution in [0.3, 0.4) is 0 Å². The Hall–Kier alpha value is 0.217. The van der Waals surface area contributed by atoms with Gasteiger partial charge in [-0.25, -0.2) is 0 Å². The number of halogens is 1. The zero-order valence-electron chi connectivity index (χ0n) is 16.4. The fraction of sp³-hybridized carbons (Fsp3) is 0.900. The van der Waals surface area contributed by atoms with E-state index in [0.717, 1.165) is 18.2 Å². The Morgan fingerprint density at radius 1 is 1.00 bits per heavy atom. The van der Waals surface area contributed by atoms with Crippen molar-refractivity contribution in [3.8, 4) is 11.8 Å². The van der Waals surface area contributed by atoms with E-state index < -0.39 is 8.32 Å². The molecule has 1 nitrogen and oxygen atoms in total. The lowest BCUT2D eigenvalue weighted by molar-refractivity contribution is 0.220. The summed E-state index contributed by atoms with van der Waals surface area (Å²) in [7, 11) is -1.72. The summed E-state index contributed by atoms with van der Waals surface area (Å²) in [5, 5.41) is 1.39. The summed E-state index contributed by atoms with van der Waals surface area (Å²) in [6.45, 7) is 13.8. The maximum Gasteiger partial charge on any atom is 0.193 e. The number of hydrogen-bond acceptors (Lipinski definition) is 1. The molecule has 1 atom stereocenters. The zero-order valence-corrected chi connectivity index (χ0v) is 19.0. The van der Waals surface area contributed by atoms with Gasteiger partial charge in [0.25, 0.3) is 0 Å². The first kappa shape index (κ1) is 23.2. The summed E-state index contributed by atoms with van der Waals surface area (Å²) in [6.07, 6.45) is 11.2. The first-order chi connectivity index (χ1) is 10.7. The van der Waals surface area contributed by atoms with Crippen LogP contribution in [0.1, 0.15) is 85.5 Å². The fourth-order valence-electron chi connectivity index (χ4n) is 2.11. The quantitative estimate of drug-likeness (QED) is 0.152. The average Bonchev–Trinajstić information content (AvgIpc) is 2.45. The molecular formula is C20H39BrOSi. The maximum absolute atomic E-state index is 6.52. The van der Waals surface area contributed by atoms with Gasteiger partial charge in [-0.15, -0.1) is 5.92 Å². The summed E-state index contributed by atoms with van der Waals surface area (Å²) in [6, 6.07) is 0. The molecule has 0 aromatic rings. The summed E-state index contributed by atoms with van der Waals surface area (Å²) >= 11 is 3.48. The van der Waals surface area contributed by atoms with Gasteiger partial charge in [-0.2, -0.15) is 0 Å². The molecule has 3 heteroatoms. The molecule has 136 valence electrons. The van der Waals surface area contributed by atoms with Crippen LogP contribution in [0, 0.1) is 11.8 Å². The highest BCUT2D eigenvalue weighted by Crippen LogP contribution is 2.37. The lowest BCUT2D eigenvalue weighted by Gasteiger charge is -2.38. The van der Waals surface area contributed by atoms with E-state index in [1.165, 1.54) is 44.9 Å². The van der Waals surface area contributed by atoms with Crippen LogP contribution in [-0.4, -0.2) is 19.8 Å². The molecule has 0 bridgehead atoms. The Labute approximate surface area is 155 Å². The zero-order chi connectivity index (χ0) is 17.8. The Balaban J connectivity index is 4.33. The van der Waals surface area contributed by atoms with Gasteiger partial charge in [0, 0.05) is 11.8 Å². The van der Waals surface area contributed by atoms with Crippen LogP contribution < -0.4 is 0 Å². The highest BCUT2D eigenvalue weighted by atomic mass is 79.9. The molecule has 0 fully saturated rings. The molecule has 0 heterocycles. The highest BCUT2D eigenvalue weighted by molar-refractivity contribution is 9.09. The van der Waals surface area contributed by atoms with Crippen LogP contribution in [0.15, 0.2) is 0 Å². The highest BCUT2D eigenvalue weighted by Gasteiger charge is 2.38. The Kier molecular flexibility index (Phi) is 12.7. The normalized spacial score (nSPS) is 13.5. The SMILES string of the molecule is CCCCC(C#CCCCCCCCBr)O[Si](C)(C)C(C)(C)C. The second-order valence-electron chi connectivity index (χ2n) is 8.04. The van der Waals surface area contributed by atoms with Gasteiger partial charge >= 0.3 is 0 Å². The lowest BCUT2D eigenvalue weighted by atomic mass is 10.1. The fourth-order valence-corrected chi connectivity index (χ4v) is 3.74. The van der Waals surface area contributed by atoms with Crippen molar-refractivity contribution in [2.24, 2.45) is 0 Å². The third kappa shape index (κ3) is 11.4. The molecule has 0 amide bonds. The van der Waals surface area contributed by atoms with Crippen molar-refractivity contribution in [1.29, 1.82) is 0 Å². The van der Waals surface area contributed by atoms with E-state index >= 15 is 0 Å². The first-order valence-electron chi connectivity index (χ1n) is 9.46. The molecule has 0 aromatic heterocycles. The molecule has 0 saturated heterocycles. The third-order valence-electron chi connectivity index (χ3n) is 4.76. The largest absolute Gasteiger partial charge is 0.403 e. The molecule has 0 aliphatic heterocycles. The van der Waals surface area contributed by atoms with Crippen LogP contribution >= 0.6 is 15.9 Å². The van der Waals surface area contributed by atoms with E-state index in [4.69, 9.17) is 4.43 Å². The van der Waals surface area contributed by atoms with Crippen molar-refractivity contribution in [1.82, 2.24) is 0 Å². The standard InChI is InChI=1S/C20H39BrOSi/c1-7-8-16-19(22-23(5,6)20(2,3)4)17-14-12-10-9-11-13-15-18-21/h19H,7-13,15-16,18H2,1-6H3. The van der Waals surface area contributed by atoms with Gasteiger partial charge in [-0.3, -0.25) is 0 Å². The Morgan fingerprint density at radius 2 is 1.61 bits per heavy atom. The predicted octanol–water partition coefficient (Wildman–Crippen LogP) is 7.31. The van der Waals surface area contributed by atoms with Gasteiger partial charge in [-0.05, 0) is 37.4 Å². The van der Waals surface area contributed by atoms with Crippen molar-refractivity contribution >= 4 is 24.2 Å². The number of hydrogen-bond donors (Lipinski definition) is 0. The van der Waals surface area contributed by atoms with Crippen molar-refractivity contribution < 1.29 is 4.43 Å². The molecular weight excluding hydrogens is 364 g/mol. The van der Waals surface area contributed by atoms with Gasteiger partial charge in [0.1, 0.15) is 6.10 Å². The molecule has 0 aliphatic carbocycles. The van der Waals surface area contributed by atoms with Crippen LogP contribution in [0.2, 0.25) is 18.1 Å². The maximum atomic E-state index is 6.52.